The molecule has 1 heterocycles. The number of nitrogen functional groups attached to an aromatic ring is 1. The molecule has 0 saturated heterocycles. The van der Waals surface area contributed by atoms with Crippen molar-refractivity contribution in [2.45, 2.75) is 19.4 Å². The van der Waals surface area contributed by atoms with Gasteiger partial charge in [0.15, 0.2) is 0 Å². The van der Waals surface area contributed by atoms with Crippen LogP contribution in [0.25, 0.3) is 0 Å². The van der Waals surface area contributed by atoms with E-state index < -0.39 is 0 Å². The molecular weight excluding hydrogens is 256 g/mol. The standard InChI is InChI=1S/C16H17ClN2/c17-15-10-14(18)8-7-13(15)11-19-9-3-5-12-4-1-2-6-16(12)19/h1-2,4,6-8,10H,3,5,9,11,18H2. The molecule has 2 nitrogen and oxygen atoms in total. The summed E-state index contributed by atoms with van der Waals surface area (Å²) in [5, 5.41) is 0.753. The first kappa shape index (κ1) is 12.4. The van der Waals surface area contributed by atoms with Gasteiger partial charge in [-0.3, -0.25) is 0 Å². The monoisotopic (exact) mass is 272 g/mol. The number of para-hydroxylation sites is 1. The molecule has 98 valence electrons. The molecule has 0 fully saturated rings. The molecule has 0 spiro atoms. The number of anilines is 2. The number of hydrogen-bond donors (Lipinski definition) is 1. The zero-order valence-electron chi connectivity index (χ0n) is 10.8. The highest BCUT2D eigenvalue weighted by Crippen LogP contribution is 2.29. The summed E-state index contributed by atoms with van der Waals surface area (Å²) in [6, 6.07) is 14.4. The minimum Gasteiger partial charge on any atom is -0.399 e. The molecule has 2 aromatic rings. The number of rotatable bonds is 2. The van der Waals surface area contributed by atoms with E-state index in [0.29, 0.717) is 5.69 Å². The van der Waals surface area contributed by atoms with Crippen LogP contribution >= 0.6 is 11.6 Å². The maximum atomic E-state index is 6.27. The molecule has 1 aliphatic heterocycles. The van der Waals surface area contributed by atoms with Crippen molar-refractivity contribution in [2.75, 3.05) is 17.2 Å². The lowest BCUT2D eigenvalue weighted by Gasteiger charge is -2.31. The number of aryl methyl sites for hydroxylation is 1. The highest BCUT2D eigenvalue weighted by molar-refractivity contribution is 6.31. The summed E-state index contributed by atoms with van der Waals surface area (Å²) >= 11 is 6.27. The average molecular weight is 273 g/mol. The highest BCUT2D eigenvalue weighted by Gasteiger charge is 2.17. The summed E-state index contributed by atoms with van der Waals surface area (Å²) in [6.45, 7) is 1.92. The summed E-state index contributed by atoms with van der Waals surface area (Å²) in [6.07, 6.45) is 2.37. The van der Waals surface area contributed by atoms with Gasteiger partial charge in [0.1, 0.15) is 0 Å². The summed E-state index contributed by atoms with van der Waals surface area (Å²) in [5.41, 5.74) is 10.4. The molecule has 2 aromatic carbocycles. The number of hydrogen-bond acceptors (Lipinski definition) is 2. The Morgan fingerprint density at radius 1 is 1.16 bits per heavy atom. The van der Waals surface area contributed by atoms with E-state index in [1.807, 2.05) is 18.2 Å². The first-order valence-corrected chi connectivity index (χ1v) is 6.98. The third-order valence-electron chi connectivity index (χ3n) is 3.64. The maximum absolute atomic E-state index is 6.27. The molecule has 3 rings (SSSR count). The molecule has 0 bridgehead atoms. The van der Waals surface area contributed by atoms with Crippen LogP contribution in [0.2, 0.25) is 5.02 Å². The normalized spacial score (nSPS) is 14.3. The van der Waals surface area contributed by atoms with E-state index in [2.05, 4.69) is 29.2 Å². The predicted molar refractivity (Wildman–Crippen MR) is 81.7 cm³/mol. The van der Waals surface area contributed by atoms with Gasteiger partial charge in [0.2, 0.25) is 0 Å². The van der Waals surface area contributed by atoms with Gasteiger partial charge in [0.25, 0.3) is 0 Å². The molecule has 0 radical (unpaired) electrons. The topological polar surface area (TPSA) is 29.3 Å². The van der Waals surface area contributed by atoms with Crippen LogP contribution in [-0.2, 0) is 13.0 Å². The Balaban J connectivity index is 1.88. The number of nitrogens with two attached hydrogens (primary N) is 1. The van der Waals surface area contributed by atoms with Gasteiger partial charge in [-0.15, -0.1) is 0 Å². The lowest BCUT2D eigenvalue weighted by atomic mass is 10.0. The second-order valence-electron chi connectivity index (χ2n) is 5.00. The first-order chi connectivity index (χ1) is 9.24. The fraction of sp³-hybridized carbons (Fsp3) is 0.250. The second kappa shape index (κ2) is 5.14. The summed E-state index contributed by atoms with van der Waals surface area (Å²) < 4.78 is 0. The van der Waals surface area contributed by atoms with Gasteiger partial charge >= 0.3 is 0 Å². The van der Waals surface area contributed by atoms with Crippen molar-refractivity contribution < 1.29 is 0 Å². The van der Waals surface area contributed by atoms with Crippen LogP contribution in [-0.4, -0.2) is 6.54 Å². The van der Waals surface area contributed by atoms with Crippen LogP contribution in [0.1, 0.15) is 17.5 Å². The lowest BCUT2D eigenvalue weighted by Crippen LogP contribution is -2.28. The Bertz CT molecular complexity index is 595. The fourth-order valence-corrected chi connectivity index (χ4v) is 2.92. The van der Waals surface area contributed by atoms with Gasteiger partial charge in [-0.1, -0.05) is 35.9 Å². The van der Waals surface area contributed by atoms with E-state index in [1.54, 1.807) is 0 Å². The van der Waals surface area contributed by atoms with Crippen molar-refractivity contribution in [3.63, 3.8) is 0 Å². The molecule has 3 heteroatoms. The van der Waals surface area contributed by atoms with E-state index in [-0.39, 0.29) is 0 Å². The number of nitrogens with zero attached hydrogens (tertiary/aromatic N) is 1. The van der Waals surface area contributed by atoms with E-state index in [0.717, 1.165) is 23.7 Å². The SMILES string of the molecule is Nc1ccc(CN2CCCc3ccccc32)c(Cl)c1. The molecular formula is C16H17ClN2. The van der Waals surface area contributed by atoms with Crippen LogP contribution in [0.5, 0.6) is 0 Å². The van der Waals surface area contributed by atoms with E-state index in [9.17, 15) is 0 Å². The minimum atomic E-state index is 0.716. The molecule has 0 aromatic heterocycles. The van der Waals surface area contributed by atoms with E-state index >= 15 is 0 Å². The number of fused-ring (bicyclic) bond motifs is 1. The van der Waals surface area contributed by atoms with Crippen LogP contribution < -0.4 is 10.6 Å². The van der Waals surface area contributed by atoms with Gasteiger partial charge in [0, 0.05) is 29.5 Å². The Morgan fingerprint density at radius 3 is 2.84 bits per heavy atom. The number of benzene rings is 2. The van der Waals surface area contributed by atoms with Crippen molar-refractivity contribution in [3.8, 4) is 0 Å². The third kappa shape index (κ3) is 2.54. The van der Waals surface area contributed by atoms with E-state index in [1.165, 1.54) is 24.1 Å². The van der Waals surface area contributed by atoms with Crippen molar-refractivity contribution >= 4 is 23.0 Å². The van der Waals surface area contributed by atoms with Gasteiger partial charge in [-0.05, 0) is 42.2 Å². The Morgan fingerprint density at radius 2 is 2.00 bits per heavy atom. The molecule has 0 amide bonds. The molecule has 0 unspecified atom stereocenters. The molecule has 19 heavy (non-hydrogen) atoms. The summed E-state index contributed by atoms with van der Waals surface area (Å²) in [4.78, 5) is 2.40. The molecule has 0 aliphatic carbocycles. The highest BCUT2D eigenvalue weighted by atomic mass is 35.5. The second-order valence-corrected chi connectivity index (χ2v) is 5.41. The maximum Gasteiger partial charge on any atom is 0.0476 e. The largest absolute Gasteiger partial charge is 0.399 e. The minimum absolute atomic E-state index is 0.716. The zero-order chi connectivity index (χ0) is 13.2. The van der Waals surface area contributed by atoms with Crippen LogP contribution in [0, 0.1) is 0 Å². The molecule has 1 aliphatic rings. The van der Waals surface area contributed by atoms with Crippen molar-refractivity contribution in [2.24, 2.45) is 0 Å². The van der Waals surface area contributed by atoms with Crippen LogP contribution in [0.3, 0.4) is 0 Å². The summed E-state index contributed by atoms with van der Waals surface area (Å²) in [7, 11) is 0. The smallest absolute Gasteiger partial charge is 0.0476 e. The van der Waals surface area contributed by atoms with Gasteiger partial charge < -0.3 is 10.6 Å². The molecule has 0 atom stereocenters. The van der Waals surface area contributed by atoms with Crippen LogP contribution in [0.4, 0.5) is 11.4 Å². The third-order valence-corrected chi connectivity index (χ3v) is 4.00. The quantitative estimate of drug-likeness (QED) is 0.841. The van der Waals surface area contributed by atoms with Gasteiger partial charge in [0.05, 0.1) is 0 Å². The van der Waals surface area contributed by atoms with Crippen molar-refractivity contribution in [1.29, 1.82) is 0 Å². The Labute approximate surface area is 118 Å². The average Bonchev–Trinajstić information content (AvgIpc) is 2.42. The van der Waals surface area contributed by atoms with Gasteiger partial charge in [-0.25, -0.2) is 0 Å². The van der Waals surface area contributed by atoms with Crippen molar-refractivity contribution in [3.05, 3.63) is 58.6 Å². The zero-order valence-corrected chi connectivity index (χ0v) is 11.5. The predicted octanol–water partition coefficient (Wildman–Crippen LogP) is 3.88. The summed E-state index contributed by atoms with van der Waals surface area (Å²) in [5.74, 6) is 0. The van der Waals surface area contributed by atoms with Crippen molar-refractivity contribution in [1.82, 2.24) is 0 Å². The Hall–Kier alpha value is -1.67. The van der Waals surface area contributed by atoms with Crippen LogP contribution in [0.15, 0.2) is 42.5 Å². The first-order valence-electron chi connectivity index (χ1n) is 6.61. The molecule has 0 saturated carbocycles. The Kier molecular flexibility index (Phi) is 3.34. The number of halogens is 1. The fourth-order valence-electron chi connectivity index (χ4n) is 2.67. The van der Waals surface area contributed by atoms with Gasteiger partial charge in [-0.2, -0.15) is 0 Å². The molecule has 2 N–H and O–H groups in total. The lowest BCUT2D eigenvalue weighted by molar-refractivity contribution is 0.691. The van der Waals surface area contributed by atoms with E-state index in [4.69, 9.17) is 17.3 Å².